The van der Waals surface area contributed by atoms with Gasteiger partial charge in [-0.15, -0.1) is 0 Å². The SMILES string of the molecule is CC(C)c1cnc(C(=O)NC2C(C)(C)C(Oc3ccc(C#N)c(Cl)c3)C2(C)C)cn1. The van der Waals surface area contributed by atoms with Crippen LogP contribution in [-0.4, -0.2) is 28.0 Å². The molecule has 1 fully saturated rings. The van der Waals surface area contributed by atoms with Crippen LogP contribution in [0.1, 0.15) is 69.2 Å². The number of nitrogens with zero attached hydrogens (tertiary/aromatic N) is 3. The van der Waals surface area contributed by atoms with Crippen molar-refractivity contribution in [2.45, 2.75) is 59.6 Å². The molecule has 0 atom stereocenters. The van der Waals surface area contributed by atoms with Crippen LogP contribution in [0.3, 0.4) is 0 Å². The lowest BCUT2D eigenvalue weighted by Crippen LogP contribution is -2.74. The van der Waals surface area contributed by atoms with E-state index in [4.69, 9.17) is 21.6 Å². The lowest BCUT2D eigenvalue weighted by molar-refractivity contribution is -0.164. The third-order valence-electron chi connectivity index (χ3n) is 5.93. The van der Waals surface area contributed by atoms with Crippen molar-refractivity contribution in [1.82, 2.24) is 15.3 Å². The van der Waals surface area contributed by atoms with Crippen molar-refractivity contribution < 1.29 is 9.53 Å². The van der Waals surface area contributed by atoms with Crippen molar-refractivity contribution in [2.24, 2.45) is 10.8 Å². The highest BCUT2D eigenvalue weighted by Gasteiger charge is 2.64. The van der Waals surface area contributed by atoms with E-state index in [0.29, 0.717) is 22.0 Å². The van der Waals surface area contributed by atoms with Crippen LogP contribution in [-0.2, 0) is 0 Å². The Bertz CT molecular complexity index is 977. The van der Waals surface area contributed by atoms with E-state index in [9.17, 15) is 4.79 Å². The first-order valence-corrected chi connectivity index (χ1v) is 10.4. The average molecular weight is 427 g/mol. The molecule has 1 saturated carbocycles. The van der Waals surface area contributed by atoms with E-state index >= 15 is 0 Å². The fourth-order valence-electron chi connectivity index (χ4n) is 4.55. The molecule has 0 aliphatic heterocycles. The molecule has 158 valence electrons. The molecule has 0 spiro atoms. The Morgan fingerprint density at radius 2 is 1.87 bits per heavy atom. The van der Waals surface area contributed by atoms with Crippen LogP contribution >= 0.6 is 11.6 Å². The summed E-state index contributed by atoms with van der Waals surface area (Å²) in [4.78, 5) is 21.4. The molecule has 30 heavy (non-hydrogen) atoms. The summed E-state index contributed by atoms with van der Waals surface area (Å²) in [5, 5.41) is 12.5. The fraction of sp³-hybridized carbons (Fsp3) is 0.478. The standard InChI is InChI=1S/C23H27ClN4O2/c1-13(2)17-11-27-18(12-26-17)19(29)28-20-22(3,4)21(23(20,5)6)30-15-8-7-14(10-25)16(24)9-15/h7-9,11-13,20-21H,1-6H3,(H,28,29). The summed E-state index contributed by atoms with van der Waals surface area (Å²) in [5.41, 5.74) is 0.904. The van der Waals surface area contributed by atoms with Crippen molar-refractivity contribution in [3.8, 4) is 11.8 Å². The molecule has 6 nitrogen and oxygen atoms in total. The van der Waals surface area contributed by atoms with Crippen LogP contribution in [0.15, 0.2) is 30.6 Å². The molecule has 3 rings (SSSR count). The Morgan fingerprint density at radius 3 is 2.37 bits per heavy atom. The largest absolute Gasteiger partial charge is 0.489 e. The molecule has 1 heterocycles. The zero-order valence-electron chi connectivity index (χ0n) is 18.2. The molecule has 0 saturated heterocycles. The average Bonchev–Trinajstić information content (AvgIpc) is 2.69. The zero-order chi connectivity index (χ0) is 22.3. The Balaban J connectivity index is 1.74. The Hall–Kier alpha value is -2.65. The third kappa shape index (κ3) is 3.87. The second-order valence-corrected chi connectivity index (χ2v) is 9.69. The van der Waals surface area contributed by atoms with Gasteiger partial charge in [0.2, 0.25) is 0 Å². The number of carbonyl (C=O) groups excluding carboxylic acids is 1. The van der Waals surface area contributed by atoms with Gasteiger partial charge in [-0.25, -0.2) is 4.98 Å². The Kier molecular flexibility index (Phi) is 5.79. The minimum absolute atomic E-state index is 0.122. The van der Waals surface area contributed by atoms with Gasteiger partial charge in [-0.05, 0) is 18.1 Å². The van der Waals surface area contributed by atoms with Crippen molar-refractivity contribution in [1.29, 1.82) is 5.26 Å². The van der Waals surface area contributed by atoms with Crippen LogP contribution in [0.25, 0.3) is 0 Å². The molecular formula is C23H27ClN4O2. The molecule has 1 aliphatic rings. The molecule has 0 bridgehead atoms. The number of nitrogens with one attached hydrogen (secondary N) is 1. The maximum Gasteiger partial charge on any atom is 0.271 e. The van der Waals surface area contributed by atoms with Gasteiger partial charge in [0.05, 0.1) is 22.5 Å². The van der Waals surface area contributed by atoms with E-state index in [1.165, 1.54) is 6.20 Å². The Morgan fingerprint density at radius 1 is 1.20 bits per heavy atom. The highest BCUT2D eigenvalue weighted by Crippen LogP contribution is 2.55. The number of rotatable bonds is 5. The normalized spacial score (nSPS) is 21.4. The van der Waals surface area contributed by atoms with Crippen molar-refractivity contribution in [2.75, 3.05) is 0 Å². The van der Waals surface area contributed by atoms with E-state index in [2.05, 4.69) is 43.0 Å². The van der Waals surface area contributed by atoms with E-state index < -0.39 is 0 Å². The number of halogens is 1. The lowest BCUT2D eigenvalue weighted by Gasteiger charge is -2.63. The van der Waals surface area contributed by atoms with Crippen LogP contribution in [0, 0.1) is 22.2 Å². The number of benzene rings is 1. The summed E-state index contributed by atoms with van der Waals surface area (Å²) in [6.45, 7) is 12.3. The van der Waals surface area contributed by atoms with Gasteiger partial charge >= 0.3 is 0 Å². The highest BCUT2D eigenvalue weighted by atomic mass is 35.5. The third-order valence-corrected chi connectivity index (χ3v) is 6.24. The molecule has 1 aromatic carbocycles. The minimum atomic E-state index is -0.329. The van der Waals surface area contributed by atoms with Gasteiger partial charge in [0.15, 0.2) is 0 Å². The van der Waals surface area contributed by atoms with Gasteiger partial charge in [-0.3, -0.25) is 9.78 Å². The van der Waals surface area contributed by atoms with Gasteiger partial charge in [0.1, 0.15) is 23.6 Å². The van der Waals surface area contributed by atoms with Gasteiger partial charge in [-0.1, -0.05) is 53.1 Å². The quantitative estimate of drug-likeness (QED) is 0.746. The topological polar surface area (TPSA) is 87.9 Å². The number of amides is 1. The summed E-state index contributed by atoms with van der Waals surface area (Å²) in [7, 11) is 0. The summed E-state index contributed by atoms with van der Waals surface area (Å²) >= 11 is 6.14. The number of nitriles is 1. The van der Waals surface area contributed by atoms with Gasteiger partial charge in [0.25, 0.3) is 5.91 Å². The monoisotopic (exact) mass is 426 g/mol. The molecule has 0 unspecified atom stereocenters. The van der Waals surface area contributed by atoms with Gasteiger partial charge in [0, 0.05) is 29.1 Å². The maximum absolute atomic E-state index is 12.8. The van der Waals surface area contributed by atoms with Crippen LogP contribution in [0.4, 0.5) is 0 Å². The number of hydrogen-bond donors (Lipinski definition) is 1. The second kappa shape index (κ2) is 7.88. The smallest absolute Gasteiger partial charge is 0.271 e. The molecular weight excluding hydrogens is 400 g/mol. The van der Waals surface area contributed by atoms with Gasteiger partial charge < -0.3 is 10.1 Å². The highest BCUT2D eigenvalue weighted by molar-refractivity contribution is 6.31. The summed E-state index contributed by atoms with van der Waals surface area (Å²) < 4.78 is 6.25. The molecule has 1 N–H and O–H groups in total. The van der Waals surface area contributed by atoms with E-state index in [-0.39, 0.29) is 34.8 Å². The first kappa shape index (κ1) is 22.0. The first-order chi connectivity index (χ1) is 14.0. The van der Waals surface area contributed by atoms with Crippen molar-refractivity contribution in [3.05, 3.63) is 52.6 Å². The molecule has 1 aromatic heterocycles. The summed E-state index contributed by atoms with van der Waals surface area (Å²) in [6.07, 6.45) is 3.02. The van der Waals surface area contributed by atoms with Gasteiger partial charge in [-0.2, -0.15) is 5.26 Å². The van der Waals surface area contributed by atoms with E-state index in [1.54, 1.807) is 24.4 Å². The molecule has 1 amide bonds. The molecule has 0 radical (unpaired) electrons. The number of ether oxygens (including phenoxy) is 1. The fourth-order valence-corrected chi connectivity index (χ4v) is 4.77. The lowest BCUT2D eigenvalue weighted by atomic mass is 9.49. The summed E-state index contributed by atoms with van der Waals surface area (Å²) in [5.74, 6) is 0.613. The van der Waals surface area contributed by atoms with Crippen LogP contribution in [0.5, 0.6) is 5.75 Å². The number of hydrogen-bond acceptors (Lipinski definition) is 5. The van der Waals surface area contributed by atoms with Crippen LogP contribution in [0.2, 0.25) is 5.02 Å². The Labute approximate surface area is 182 Å². The van der Waals surface area contributed by atoms with Crippen molar-refractivity contribution in [3.63, 3.8) is 0 Å². The van der Waals surface area contributed by atoms with Crippen molar-refractivity contribution >= 4 is 17.5 Å². The molecule has 7 heteroatoms. The van der Waals surface area contributed by atoms with Crippen LogP contribution < -0.4 is 10.1 Å². The first-order valence-electron chi connectivity index (χ1n) is 9.97. The second-order valence-electron chi connectivity index (χ2n) is 9.28. The van der Waals surface area contributed by atoms with E-state index in [0.717, 1.165) is 5.69 Å². The molecule has 2 aromatic rings. The predicted octanol–water partition coefficient (Wildman–Crippen LogP) is 4.74. The predicted molar refractivity (Wildman–Crippen MR) is 116 cm³/mol. The zero-order valence-corrected chi connectivity index (χ0v) is 18.9. The summed E-state index contributed by atoms with van der Waals surface area (Å²) in [6, 6.07) is 6.97. The van der Waals surface area contributed by atoms with E-state index in [1.807, 2.05) is 19.9 Å². The number of carbonyl (C=O) groups is 1. The minimum Gasteiger partial charge on any atom is -0.489 e. The number of aromatic nitrogens is 2. The maximum atomic E-state index is 12.8. The molecule has 1 aliphatic carbocycles.